The quantitative estimate of drug-likeness (QED) is 0.149. The molecule has 2 heterocycles. The molecule has 11 aromatic carbocycles. The average molecular weight is 869 g/mol. The Morgan fingerprint density at radius 3 is 1.31 bits per heavy atom. The van der Waals surface area contributed by atoms with Gasteiger partial charge in [0.15, 0.2) is 0 Å². The van der Waals surface area contributed by atoms with E-state index in [1.807, 2.05) is 17.5 Å². The monoisotopic (exact) mass is 868 g/mol. The van der Waals surface area contributed by atoms with Gasteiger partial charge in [-0.25, -0.2) is 4.98 Å². The zero-order valence-electron chi connectivity index (χ0n) is 36.4. The number of nitrogens with zero attached hydrogens (tertiary/aromatic N) is 2. The van der Waals surface area contributed by atoms with Gasteiger partial charge in [0.25, 0.3) is 0 Å². The molecule has 0 aliphatic carbocycles. The van der Waals surface area contributed by atoms with Gasteiger partial charge in [-0.05, 0) is 121 Å². The van der Waals surface area contributed by atoms with Crippen LogP contribution in [0.25, 0.3) is 131 Å². The van der Waals surface area contributed by atoms with Crippen LogP contribution in [0.1, 0.15) is 0 Å². The van der Waals surface area contributed by atoms with Crippen LogP contribution in [-0.4, -0.2) is 9.97 Å². The average Bonchev–Trinajstić information content (AvgIpc) is 3.79. The van der Waals surface area contributed by atoms with Crippen molar-refractivity contribution in [3.05, 3.63) is 243 Å². The molecule has 0 amide bonds. The van der Waals surface area contributed by atoms with Crippen LogP contribution < -0.4 is 0 Å². The van der Waals surface area contributed by atoms with Crippen LogP contribution in [-0.2, 0) is 0 Å². The van der Waals surface area contributed by atoms with Crippen molar-refractivity contribution < 1.29 is 0 Å². The first kappa shape index (κ1) is 38.9. The predicted octanol–water partition coefficient (Wildman–Crippen LogP) is 18.0. The fraction of sp³-hybridized carbons (Fsp3) is 0. The van der Waals surface area contributed by atoms with E-state index in [0.29, 0.717) is 0 Å². The zero-order chi connectivity index (χ0) is 44.3. The van der Waals surface area contributed by atoms with Gasteiger partial charge in [-0.1, -0.05) is 188 Å². The topological polar surface area (TPSA) is 25.8 Å². The molecular weight excluding hydrogens is 829 g/mol. The highest BCUT2D eigenvalue weighted by Crippen LogP contribution is 2.45. The Hall–Kier alpha value is -8.50. The summed E-state index contributed by atoms with van der Waals surface area (Å²) in [7, 11) is 0. The number of thiophene rings is 1. The lowest BCUT2D eigenvalue weighted by Gasteiger charge is -2.13. The van der Waals surface area contributed by atoms with Gasteiger partial charge in [-0.2, -0.15) is 0 Å². The molecule has 13 aromatic rings. The lowest BCUT2D eigenvalue weighted by atomic mass is 9.92. The third-order valence-electron chi connectivity index (χ3n) is 13.3. The number of fused-ring (bicyclic) bond motifs is 9. The highest BCUT2D eigenvalue weighted by Gasteiger charge is 2.17. The lowest BCUT2D eigenvalue weighted by molar-refractivity contribution is 1.31. The van der Waals surface area contributed by atoms with E-state index in [0.717, 1.165) is 44.2 Å². The Bertz CT molecular complexity index is 4000. The van der Waals surface area contributed by atoms with Gasteiger partial charge >= 0.3 is 0 Å². The Kier molecular flexibility index (Phi) is 9.40. The minimum Gasteiger partial charge on any atom is -0.252 e. The molecule has 0 unspecified atom stereocenters. The maximum Gasteiger partial charge on any atom is 0.0979 e. The van der Waals surface area contributed by atoms with Crippen LogP contribution in [0.5, 0.6) is 0 Å². The number of hydrogen-bond acceptors (Lipinski definition) is 3. The highest BCUT2D eigenvalue weighted by molar-refractivity contribution is 7.26. The summed E-state index contributed by atoms with van der Waals surface area (Å²) in [5, 5.41) is 7.16. The van der Waals surface area contributed by atoms with Crippen LogP contribution in [0, 0.1) is 0 Å². The second kappa shape index (κ2) is 16.2. The molecule has 3 heteroatoms. The molecule has 2 aromatic heterocycles. The normalized spacial score (nSPS) is 11.6. The molecule has 0 aliphatic rings. The van der Waals surface area contributed by atoms with Crippen molar-refractivity contribution in [2.45, 2.75) is 0 Å². The summed E-state index contributed by atoms with van der Waals surface area (Å²) in [5.74, 6) is 0. The van der Waals surface area contributed by atoms with Gasteiger partial charge in [-0.15, -0.1) is 11.3 Å². The maximum atomic E-state index is 5.32. The smallest absolute Gasteiger partial charge is 0.0979 e. The Morgan fingerprint density at radius 1 is 0.269 bits per heavy atom. The van der Waals surface area contributed by atoms with Crippen molar-refractivity contribution in [2.24, 2.45) is 0 Å². The predicted molar refractivity (Wildman–Crippen MR) is 285 cm³/mol. The molecule has 0 spiro atoms. The van der Waals surface area contributed by atoms with E-state index >= 15 is 0 Å². The second-order valence-corrected chi connectivity index (χ2v) is 18.4. The number of benzene rings is 11. The van der Waals surface area contributed by atoms with Crippen LogP contribution in [0.2, 0.25) is 0 Å². The molecule has 0 saturated heterocycles. The van der Waals surface area contributed by atoms with Crippen molar-refractivity contribution in [1.29, 1.82) is 0 Å². The summed E-state index contributed by atoms with van der Waals surface area (Å²) in [6.45, 7) is 0. The van der Waals surface area contributed by atoms with Crippen molar-refractivity contribution in [3.8, 4) is 78.0 Å². The molecule has 0 saturated carbocycles. The van der Waals surface area contributed by atoms with E-state index in [-0.39, 0.29) is 0 Å². The van der Waals surface area contributed by atoms with Crippen LogP contribution in [0.15, 0.2) is 243 Å². The molecule has 0 bridgehead atoms. The van der Waals surface area contributed by atoms with Crippen LogP contribution in [0.3, 0.4) is 0 Å². The summed E-state index contributed by atoms with van der Waals surface area (Å²) < 4.78 is 2.56. The fourth-order valence-electron chi connectivity index (χ4n) is 9.94. The van der Waals surface area contributed by atoms with Gasteiger partial charge in [-0.3, -0.25) is 4.98 Å². The van der Waals surface area contributed by atoms with Gasteiger partial charge < -0.3 is 0 Å². The lowest BCUT2D eigenvalue weighted by Crippen LogP contribution is -1.92. The molecule has 0 N–H and O–H groups in total. The maximum absolute atomic E-state index is 5.32. The molecule has 67 heavy (non-hydrogen) atoms. The Labute approximate surface area is 392 Å². The minimum atomic E-state index is 0.856. The molecule has 0 fully saturated rings. The summed E-state index contributed by atoms with van der Waals surface area (Å²) >= 11 is 1.88. The third kappa shape index (κ3) is 6.96. The molecule has 0 aliphatic heterocycles. The van der Waals surface area contributed by atoms with Crippen LogP contribution >= 0.6 is 11.3 Å². The largest absolute Gasteiger partial charge is 0.252 e. The summed E-state index contributed by atoms with van der Waals surface area (Å²) in [5.41, 5.74) is 18.1. The van der Waals surface area contributed by atoms with Gasteiger partial charge in [0.1, 0.15) is 0 Å². The van der Waals surface area contributed by atoms with Crippen LogP contribution in [0.4, 0.5) is 0 Å². The molecular formula is C64H40N2S. The van der Waals surface area contributed by atoms with Crippen molar-refractivity contribution in [3.63, 3.8) is 0 Å². The highest BCUT2D eigenvalue weighted by atomic mass is 32.1. The number of aromatic nitrogens is 2. The summed E-state index contributed by atoms with van der Waals surface area (Å²) in [6, 6.07) is 85.8. The Morgan fingerprint density at radius 2 is 0.701 bits per heavy atom. The van der Waals surface area contributed by atoms with Gasteiger partial charge in [0.05, 0.1) is 22.9 Å². The summed E-state index contributed by atoms with van der Waals surface area (Å²) in [4.78, 5) is 10.4. The van der Waals surface area contributed by atoms with E-state index in [1.165, 1.54) is 86.6 Å². The zero-order valence-corrected chi connectivity index (χ0v) is 37.2. The Balaban J connectivity index is 0.944. The van der Waals surface area contributed by atoms with E-state index in [1.54, 1.807) is 0 Å². The molecule has 0 radical (unpaired) electrons. The first-order chi connectivity index (χ1) is 33.2. The summed E-state index contributed by atoms with van der Waals surface area (Å²) in [6.07, 6.45) is 1.93. The van der Waals surface area contributed by atoms with Crippen molar-refractivity contribution >= 4 is 64.1 Å². The molecule has 0 atom stereocenters. The minimum absolute atomic E-state index is 0.856. The molecule has 312 valence electrons. The first-order valence-electron chi connectivity index (χ1n) is 22.8. The third-order valence-corrected chi connectivity index (χ3v) is 14.5. The van der Waals surface area contributed by atoms with Gasteiger partial charge in [0.2, 0.25) is 0 Å². The number of hydrogen-bond donors (Lipinski definition) is 0. The SMILES string of the molecule is c1ccc(-c2cccc(-c3ccc4sc5c(-c6cccc(-c7cccc(-c8cnc9c%10ccccc%10c%10ccccc%10c9n8)c7)c6)cc(-c6cccc(-c7ccccc7)c6)cc5c4c3)c2)cc1. The van der Waals surface area contributed by atoms with E-state index in [4.69, 9.17) is 9.97 Å². The standard InChI is InChI=1S/C64H40N2S/c1-3-15-41(16-4-1)43-19-11-21-45(33-43)49-31-32-61-58(37-49)59-39-52(48-24-12-20-44(34-48)42-17-5-2-6-18-42)38-57(64(59)67-61)50-25-13-22-46(35-50)47-23-14-26-51(36-47)60-40-65-62-55-29-9-7-27-53(55)54-28-8-10-30-56(54)63(62)66-60/h1-40H. The van der Waals surface area contributed by atoms with Crippen molar-refractivity contribution in [2.75, 3.05) is 0 Å². The van der Waals surface area contributed by atoms with E-state index < -0.39 is 0 Å². The van der Waals surface area contributed by atoms with E-state index in [9.17, 15) is 0 Å². The fourth-order valence-corrected chi connectivity index (χ4v) is 11.1. The van der Waals surface area contributed by atoms with E-state index in [2.05, 4.69) is 237 Å². The van der Waals surface area contributed by atoms with Crippen molar-refractivity contribution in [1.82, 2.24) is 9.97 Å². The number of rotatable bonds is 7. The van der Waals surface area contributed by atoms with Gasteiger partial charge in [0, 0.05) is 42.1 Å². The molecule has 2 nitrogen and oxygen atoms in total. The second-order valence-electron chi connectivity index (χ2n) is 17.3. The molecule has 13 rings (SSSR count). The first-order valence-corrected chi connectivity index (χ1v) is 23.6.